The summed E-state index contributed by atoms with van der Waals surface area (Å²) in [6, 6.07) is 13.1. The molecule has 1 amide bonds. The molecule has 0 N–H and O–H groups in total. The molecule has 0 bridgehead atoms. The zero-order valence-corrected chi connectivity index (χ0v) is 16.8. The van der Waals surface area contributed by atoms with Crippen molar-refractivity contribution in [2.75, 3.05) is 19.8 Å². The lowest BCUT2D eigenvalue weighted by Gasteiger charge is -2.27. The number of ether oxygens (including phenoxy) is 2. The van der Waals surface area contributed by atoms with E-state index in [0.29, 0.717) is 36.5 Å². The summed E-state index contributed by atoms with van der Waals surface area (Å²) in [5, 5.41) is 0.528. The van der Waals surface area contributed by atoms with Crippen molar-refractivity contribution < 1.29 is 14.3 Å². The van der Waals surface area contributed by atoms with Gasteiger partial charge in [0.15, 0.2) is 11.5 Å². The van der Waals surface area contributed by atoms with E-state index in [0.717, 1.165) is 29.9 Å². The summed E-state index contributed by atoms with van der Waals surface area (Å²) in [6.07, 6.45) is 1.81. The topological polar surface area (TPSA) is 73.7 Å². The quantitative estimate of drug-likeness (QED) is 0.670. The minimum atomic E-state index is -0.179. The largest absolute Gasteiger partial charge is 0.486 e. The predicted molar refractivity (Wildman–Crippen MR) is 112 cm³/mol. The highest BCUT2D eigenvalue weighted by atomic mass is 16.6. The van der Waals surface area contributed by atoms with Crippen molar-refractivity contribution >= 4 is 16.8 Å². The van der Waals surface area contributed by atoms with Crippen LogP contribution in [0.4, 0.5) is 0 Å². The Morgan fingerprint density at radius 2 is 1.93 bits per heavy atom. The fraction of sp³-hybridized carbons (Fsp3) is 0.348. The van der Waals surface area contributed by atoms with E-state index in [1.165, 1.54) is 4.57 Å². The summed E-state index contributed by atoms with van der Waals surface area (Å²) in [6.45, 7) is 3.51. The minimum Gasteiger partial charge on any atom is -0.486 e. The molecule has 0 unspecified atom stereocenters. The van der Waals surface area contributed by atoms with E-state index in [1.54, 1.807) is 13.0 Å². The normalized spacial score (nSPS) is 18.0. The van der Waals surface area contributed by atoms with Gasteiger partial charge in [0.2, 0.25) is 5.91 Å². The lowest BCUT2D eigenvalue weighted by atomic mass is 10.0. The number of fused-ring (bicyclic) bond motifs is 2. The fourth-order valence-corrected chi connectivity index (χ4v) is 4.37. The number of hydrogen-bond acceptors (Lipinski definition) is 5. The van der Waals surface area contributed by atoms with Crippen molar-refractivity contribution in [1.82, 2.24) is 14.5 Å². The second-order valence-electron chi connectivity index (χ2n) is 7.72. The van der Waals surface area contributed by atoms with E-state index >= 15 is 0 Å². The van der Waals surface area contributed by atoms with Gasteiger partial charge >= 0.3 is 0 Å². The maximum Gasteiger partial charge on any atom is 0.261 e. The molecule has 1 saturated heterocycles. The maximum atomic E-state index is 13.2. The molecule has 3 heterocycles. The third kappa shape index (κ3) is 3.20. The molecule has 30 heavy (non-hydrogen) atoms. The summed E-state index contributed by atoms with van der Waals surface area (Å²) >= 11 is 0. The van der Waals surface area contributed by atoms with Gasteiger partial charge in [-0.15, -0.1) is 0 Å². The molecule has 0 spiro atoms. The first-order chi connectivity index (χ1) is 14.6. The molecule has 7 heteroatoms. The third-order valence-electron chi connectivity index (χ3n) is 5.87. The second kappa shape index (κ2) is 7.48. The van der Waals surface area contributed by atoms with Crippen LogP contribution in [-0.2, 0) is 11.3 Å². The Balaban J connectivity index is 1.42. The van der Waals surface area contributed by atoms with Crippen LogP contribution in [0.1, 0.15) is 30.3 Å². The van der Waals surface area contributed by atoms with E-state index in [9.17, 15) is 9.59 Å². The van der Waals surface area contributed by atoms with Gasteiger partial charge in [-0.2, -0.15) is 0 Å². The molecule has 3 aromatic rings. The van der Waals surface area contributed by atoms with Crippen LogP contribution in [0, 0.1) is 6.92 Å². The molecule has 7 nitrogen and oxygen atoms in total. The summed E-state index contributed by atoms with van der Waals surface area (Å²) in [5.74, 6) is 1.94. The molecule has 2 aliphatic heterocycles. The number of amides is 1. The average Bonchev–Trinajstić information content (AvgIpc) is 3.26. The number of hydrogen-bond donors (Lipinski definition) is 0. The molecule has 1 aromatic heterocycles. The molecule has 0 saturated carbocycles. The standard InChI is InChI=1S/C23H23N3O4/c1-15-24-18-6-3-2-5-17(18)23(28)26(15)14-22(27)25-10-4-7-19(25)16-8-9-20-21(13-16)30-12-11-29-20/h2-3,5-6,8-9,13,19H,4,7,10-12,14H2,1H3/t19-/m0/s1. The van der Waals surface area contributed by atoms with Crippen LogP contribution in [0.25, 0.3) is 10.9 Å². The van der Waals surface area contributed by atoms with Crippen molar-refractivity contribution in [3.8, 4) is 11.5 Å². The Labute approximate surface area is 173 Å². The molecule has 1 fully saturated rings. The number of para-hydroxylation sites is 1. The smallest absolute Gasteiger partial charge is 0.261 e. The summed E-state index contributed by atoms with van der Waals surface area (Å²) in [7, 11) is 0. The van der Waals surface area contributed by atoms with E-state index in [2.05, 4.69) is 4.98 Å². The van der Waals surface area contributed by atoms with Gasteiger partial charge in [-0.05, 0) is 49.6 Å². The van der Waals surface area contributed by atoms with Crippen LogP contribution in [0.2, 0.25) is 0 Å². The molecular weight excluding hydrogens is 382 g/mol. The zero-order valence-electron chi connectivity index (χ0n) is 16.8. The van der Waals surface area contributed by atoms with Gasteiger partial charge in [-0.1, -0.05) is 18.2 Å². The average molecular weight is 405 g/mol. The Hall–Kier alpha value is -3.35. The van der Waals surface area contributed by atoms with Crippen molar-refractivity contribution in [3.05, 3.63) is 64.2 Å². The highest BCUT2D eigenvalue weighted by Crippen LogP contribution is 2.38. The van der Waals surface area contributed by atoms with Crippen molar-refractivity contribution in [3.63, 3.8) is 0 Å². The van der Waals surface area contributed by atoms with Crippen LogP contribution in [0.5, 0.6) is 11.5 Å². The summed E-state index contributed by atoms with van der Waals surface area (Å²) < 4.78 is 12.8. The van der Waals surface area contributed by atoms with E-state index in [4.69, 9.17) is 9.47 Å². The summed E-state index contributed by atoms with van der Waals surface area (Å²) in [4.78, 5) is 32.5. The Morgan fingerprint density at radius 1 is 1.13 bits per heavy atom. The minimum absolute atomic E-state index is 0.0104. The second-order valence-corrected chi connectivity index (χ2v) is 7.72. The van der Waals surface area contributed by atoms with E-state index < -0.39 is 0 Å². The van der Waals surface area contributed by atoms with Gasteiger partial charge in [0.1, 0.15) is 25.6 Å². The maximum absolute atomic E-state index is 13.2. The van der Waals surface area contributed by atoms with Crippen molar-refractivity contribution in [1.29, 1.82) is 0 Å². The molecule has 0 radical (unpaired) electrons. The first-order valence-electron chi connectivity index (χ1n) is 10.3. The molecular formula is C23H23N3O4. The summed E-state index contributed by atoms with van der Waals surface area (Å²) in [5.41, 5.74) is 1.51. The Bertz CT molecular complexity index is 1190. The number of aromatic nitrogens is 2. The van der Waals surface area contributed by atoms with Crippen LogP contribution in [0.3, 0.4) is 0 Å². The van der Waals surface area contributed by atoms with Gasteiger partial charge in [0.25, 0.3) is 5.56 Å². The zero-order chi connectivity index (χ0) is 20.7. The molecule has 0 aliphatic carbocycles. The van der Waals surface area contributed by atoms with Crippen LogP contribution in [-0.4, -0.2) is 40.1 Å². The molecule has 2 aliphatic rings. The number of rotatable bonds is 3. The highest BCUT2D eigenvalue weighted by Gasteiger charge is 2.31. The number of aryl methyl sites for hydroxylation is 1. The fourth-order valence-electron chi connectivity index (χ4n) is 4.37. The third-order valence-corrected chi connectivity index (χ3v) is 5.87. The number of benzene rings is 2. The van der Waals surface area contributed by atoms with Gasteiger partial charge in [0, 0.05) is 6.54 Å². The van der Waals surface area contributed by atoms with E-state index in [-0.39, 0.29) is 24.1 Å². The highest BCUT2D eigenvalue weighted by molar-refractivity contribution is 5.79. The van der Waals surface area contributed by atoms with Crippen molar-refractivity contribution in [2.45, 2.75) is 32.4 Å². The monoisotopic (exact) mass is 405 g/mol. The van der Waals surface area contributed by atoms with Crippen molar-refractivity contribution in [2.24, 2.45) is 0 Å². The molecule has 1 atom stereocenters. The number of likely N-dealkylation sites (tertiary alicyclic amines) is 1. The Kier molecular flexibility index (Phi) is 4.65. The number of carbonyl (C=O) groups is 1. The Morgan fingerprint density at radius 3 is 2.80 bits per heavy atom. The SMILES string of the molecule is Cc1nc2ccccc2c(=O)n1CC(=O)N1CCC[C@H]1c1ccc2c(c1)OCCO2. The van der Waals surface area contributed by atoms with Gasteiger partial charge < -0.3 is 14.4 Å². The van der Waals surface area contributed by atoms with Crippen LogP contribution in [0.15, 0.2) is 47.3 Å². The van der Waals surface area contributed by atoms with Crippen LogP contribution < -0.4 is 15.0 Å². The van der Waals surface area contributed by atoms with E-state index in [1.807, 2.05) is 41.3 Å². The molecule has 5 rings (SSSR count). The lowest BCUT2D eigenvalue weighted by Crippen LogP contribution is -2.37. The number of nitrogens with zero attached hydrogens (tertiary/aromatic N) is 3. The van der Waals surface area contributed by atoms with Gasteiger partial charge in [-0.3, -0.25) is 14.2 Å². The lowest BCUT2D eigenvalue weighted by molar-refractivity contribution is -0.132. The first kappa shape index (κ1) is 18.7. The van der Waals surface area contributed by atoms with Crippen LogP contribution >= 0.6 is 0 Å². The molecule has 2 aromatic carbocycles. The van der Waals surface area contributed by atoms with Gasteiger partial charge in [-0.25, -0.2) is 4.98 Å². The molecule has 154 valence electrons. The van der Waals surface area contributed by atoms with Gasteiger partial charge in [0.05, 0.1) is 16.9 Å². The predicted octanol–water partition coefficient (Wildman–Crippen LogP) is 2.84. The first-order valence-corrected chi connectivity index (χ1v) is 10.3. The number of carbonyl (C=O) groups excluding carboxylic acids is 1.